The first-order valence-electron chi connectivity index (χ1n) is 0.698. The summed E-state index contributed by atoms with van der Waals surface area (Å²) >= 11 is 3.47. The van der Waals surface area contributed by atoms with Crippen LogP contribution in [0.25, 0.3) is 0 Å². The van der Waals surface area contributed by atoms with Crippen molar-refractivity contribution in [3.05, 3.63) is 0 Å². The van der Waals surface area contributed by atoms with Gasteiger partial charge in [-0.2, -0.15) is 4.21 Å². The van der Waals surface area contributed by atoms with Gasteiger partial charge in [-0.15, -0.1) is 0 Å². The fourth-order valence-electron chi connectivity index (χ4n) is 0. The third-order valence-electron chi connectivity index (χ3n) is 0. The van der Waals surface area contributed by atoms with Crippen molar-refractivity contribution in [1.82, 2.24) is 12.3 Å². The standard InChI is InChI=1S/2H3N.Na.H2O3S2.2H2O.H/c;;;1-5(2,3)4;;;/h2*1H3;;(H2,1,2,3,4);2*1H2;. The van der Waals surface area contributed by atoms with Crippen LogP contribution in [0.5, 0.6) is 0 Å². The first kappa shape index (κ1) is 43.4. The molecule has 0 aromatic rings. The molecule has 0 amide bonds. The second-order valence-corrected chi connectivity index (χ2v) is 2.65. The van der Waals surface area contributed by atoms with Gasteiger partial charge >= 0.3 is 29.6 Å². The van der Waals surface area contributed by atoms with Crippen molar-refractivity contribution in [3.8, 4) is 0 Å². The molecule has 0 rings (SSSR count). The van der Waals surface area contributed by atoms with E-state index in [2.05, 4.69) is 11.2 Å². The Bertz CT molecular complexity index is 101. The molecule has 0 aliphatic rings. The van der Waals surface area contributed by atoms with Crippen molar-refractivity contribution in [3.63, 3.8) is 0 Å². The summed E-state index contributed by atoms with van der Waals surface area (Å²) in [4.78, 5) is 0. The van der Waals surface area contributed by atoms with E-state index in [1.54, 1.807) is 0 Å². The molecule has 66 valence electrons. The molecule has 0 fully saturated rings. The molecule has 0 heterocycles. The van der Waals surface area contributed by atoms with Crippen LogP contribution < -0.4 is 12.3 Å². The number of hydrogen-bond acceptors (Lipinski definition) is 4. The van der Waals surface area contributed by atoms with E-state index in [1.165, 1.54) is 0 Å². The van der Waals surface area contributed by atoms with Crippen LogP contribution in [-0.2, 0) is 20.2 Å². The van der Waals surface area contributed by atoms with Gasteiger partial charge < -0.3 is 23.3 Å². The SMILES string of the molecule is N.N.O.O.O=S(O)(O)=S.[NaH]. The molecule has 0 saturated carbocycles. The van der Waals surface area contributed by atoms with Crippen LogP contribution in [0.4, 0.5) is 0 Å². The molecule has 0 aromatic carbocycles. The maximum absolute atomic E-state index is 9.11. The minimum absolute atomic E-state index is 0. The summed E-state index contributed by atoms with van der Waals surface area (Å²) in [6, 6.07) is 0. The molecule has 0 aromatic heterocycles. The van der Waals surface area contributed by atoms with Gasteiger partial charge in [0, 0.05) is 11.2 Å². The molecular formula is H13N2NaO5S2. The normalized spacial score (nSPS) is 5.80. The molecule has 0 spiro atoms. The van der Waals surface area contributed by atoms with Gasteiger partial charge in [-0.05, 0) is 0 Å². The van der Waals surface area contributed by atoms with Gasteiger partial charge in [-0.1, -0.05) is 0 Å². The first-order valence-corrected chi connectivity index (χ1v) is 3.10. The third-order valence-corrected chi connectivity index (χ3v) is 0. The summed E-state index contributed by atoms with van der Waals surface area (Å²) in [7, 11) is -3.83. The molecule has 7 nitrogen and oxygen atoms in total. The Morgan fingerprint density at radius 1 is 1.10 bits per heavy atom. The summed E-state index contributed by atoms with van der Waals surface area (Å²) in [5.74, 6) is 0. The second-order valence-electron chi connectivity index (χ2n) is 0.448. The van der Waals surface area contributed by atoms with Crippen LogP contribution in [0, 0.1) is 0 Å². The van der Waals surface area contributed by atoms with Crippen molar-refractivity contribution in [2.24, 2.45) is 0 Å². The van der Waals surface area contributed by atoms with Gasteiger partial charge in [0.1, 0.15) is 0 Å². The fourth-order valence-corrected chi connectivity index (χ4v) is 0. The van der Waals surface area contributed by atoms with E-state index >= 15 is 0 Å². The Kier molecular flexibility index (Phi) is 72.1. The number of rotatable bonds is 0. The Morgan fingerprint density at radius 3 is 1.10 bits per heavy atom. The van der Waals surface area contributed by atoms with Crippen LogP contribution in [0.3, 0.4) is 0 Å². The summed E-state index contributed by atoms with van der Waals surface area (Å²) in [6.45, 7) is 0. The average molecular weight is 208 g/mol. The van der Waals surface area contributed by atoms with Crippen LogP contribution in [-0.4, -0.2) is 53.8 Å². The maximum atomic E-state index is 9.11. The minimum atomic E-state index is -3.83. The van der Waals surface area contributed by atoms with Crippen LogP contribution in [0.2, 0.25) is 0 Å². The predicted molar refractivity (Wildman–Crippen MR) is 45.2 cm³/mol. The Labute approximate surface area is 86.0 Å². The quantitative estimate of drug-likeness (QED) is 0.323. The predicted octanol–water partition coefficient (Wildman–Crippen LogP) is -2.30. The van der Waals surface area contributed by atoms with Gasteiger partial charge in [-0.3, -0.25) is 9.11 Å². The fraction of sp³-hybridized carbons (Fsp3) is 0. The molecule has 0 unspecified atom stereocenters. The van der Waals surface area contributed by atoms with Gasteiger partial charge in [-0.25, -0.2) is 0 Å². The topological polar surface area (TPSA) is 191 Å². The van der Waals surface area contributed by atoms with E-state index < -0.39 is 9.05 Å². The van der Waals surface area contributed by atoms with Crippen LogP contribution in [0.1, 0.15) is 0 Å². The molecule has 0 radical (unpaired) electrons. The zero-order chi connectivity index (χ0) is 4.50. The van der Waals surface area contributed by atoms with E-state index in [-0.39, 0.29) is 52.8 Å². The molecule has 10 heteroatoms. The average Bonchev–Trinajstić information content (AvgIpc) is 0.722. The summed E-state index contributed by atoms with van der Waals surface area (Å²) in [5.41, 5.74) is 0. The third kappa shape index (κ3) is 473. The van der Waals surface area contributed by atoms with Crippen molar-refractivity contribution in [2.75, 3.05) is 0 Å². The van der Waals surface area contributed by atoms with E-state index in [0.717, 1.165) is 0 Å². The summed E-state index contributed by atoms with van der Waals surface area (Å²) < 4.78 is 24.0. The zero-order valence-corrected chi connectivity index (χ0v) is 6.17. The monoisotopic (exact) mass is 208 g/mol. The second kappa shape index (κ2) is 16.6. The molecule has 12 N–H and O–H groups in total. The molecule has 0 saturated heterocycles. The number of hydrogen-bond donors (Lipinski definition) is 4. The molecule has 10 heavy (non-hydrogen) atoms. The van der Waals surface area contributed by atoms with E-state index in [9.17, 15) is 0 Å². The van der Waals surface area contributed by atoms with E-state index in [0.29, 0.717) is 0 Å². The van der Waals surface area contributed by atoms with Gasteiger partial charge in [0.15, 0.2) is 0 Å². The molecule has 0 aliphatic heterocycles. The molecule has 0 bridgehead atoms. The Hall–Kier alpha value is 1.13. The van der Waals surface area contributed by atoms with Gasteiger partial charge in [0.25, 0.3) is 9.05 Å². The van der Waals surface area contributed by atoms with Crippen molar-refractivity contribution in [2.45, 2.75) is 0 Å². The Morgan fingerprint density at radius 2 is 1.10 bits per heavy atom. The van der Waals surface area contributed by atoms with E-state index in [4.69, 9.17) is 13.3 Å². The van der Waals surface area contributed by atoms with Crippen molar-refractivity contribution < 1.29 is 24.3 Å². The Balaban J connectivity index is -0.00000000800. The molecule has 0 atom stereocenters. The summed E-state index contributed by atoms with van der Waals surface area (Å²) in [6.07, 6.45) is 0. The first-order chi connectivity index (χ1) is 2.00. The molecular weight excluding hydrogens is 195 g/mol. The zero-order valence-electron chi connectivity index (χ0n) is 4.53. The summed E-state index contributed by atoms with van der Waals surface area (Å²) in [5, 5.41) is 0. The van der Waals surface area contributed by atoms with Gasteiger partial charge in [0.2, 0.25) is 0 Å². The van der Waals surface area contributed by atoms with Gasteiger partial charge in [0.05, 0.1) is 0 Å². The van der Waals surface area contributed by atoms with Crippen LogP contribution >= 0.6 is 0 Å². The van der Waals surface area contributed by atoms with Crippen molar-refractivity contribution >= 4 is 49.8 Å². The molecule has 0 aliphatic carbocycles. The van der Waals surface area contributed by atoms with Crippen LogP contribution in [0.15, 0.2) is 0 Å². The van der Waals surface area contributed by atoms with Crippen molar-refractivity contribution in [1.29, 1.82) is 0 Å². The van der Waals surface area contributed by atoms with E-state index in [1.807, 2.05) is 0 Å².